The molecule has 0 saturated heterocycles. The van der Waals surface area contributed by atoms with Crippen LogP contribution in [0, 0.1) is 11.8 Å². The van der Waals surface area contributed by atoms with Crippen molar-refractivity contribution >= 4 is 0 Å². The third-order valence-corrected chi connectivity index (χ3v) is 4.37. The highest BCUT2D eigenvalue weighted by Crippen LogP contribution is 2.14. The predicted molar refractivity (Wildman–Crippen MR) is 92.9 cm³/mol. The molecule has 2 nitrogen and oxygen atoms in total. The van der Waals surface area contributed by atoms with E-state index in [2.05, 4.69) is 27.7 Å². The zero-order chi connectivity index (χ0) is 15.8. The Bertz CT molecular complexity index is 174. The standard InChI is InChI=1S/C19H40O2/c1-5-9-12-18(7-3)16-20-14-11-15-21-17-19(8-4)13-10-6-2/h18-19H,5-17H2,1-4H3. The Morgan fingerprint density at radius 3 is 1.38 bits per heavy atom. The summed E-state index contributed by atoms with van der Waals surface area (Å²) in [7, 11) is 0. The van der Waals surface area contributed by atoms with Gasteiger partial charge in [0.1, 0.15) is 0 Å². The molecule has 0 spiro atoms. The second-order valence-corrected chi connectivity index (χ2v) is 6.34. The first-order valence-electron chi connectivity index (χ1n) is 9.43. The SMILES string of the molecule is CCCCC(CC)COCCCOCC(CC)CCCC. The van der Waals surface area contributed by atoms with Crippen LogP contribution in [0.15, 0.2) is 0 Å². The summed E-state index contributed by atoms with van der Waals surface area (Å²) in [6.45, 7) is 12.6. The summed E-state index contributed by atoms with van der Waals surface area (Å²) in [5, 5.41) is 0. The Kier molecular flexibility index (Phi) is 16.2. The minimum atomic E-state index is 0.754. The lowest BCUT2D eigenvalue weighted by atomic mass is 10.0. The van der Waals surface area contributed by atoms with Crippen LogP contribution in [0.1, 0.15) is 85.5 Å². The van der Waals surface area contributed by atoms with Gasteiger partial charge in [0.2, 0.25) is 0 Å². The Balaban J connectivity index is 3.41. The van der Waals surface area contributed by atoms with Gasteiger partial charge in [0.25, 0.3) is 0 Å². The van der Waals surface area contributed by atoms with E-state index in [1.807, 2.05) is 0 Å². The van der Waals surface area contributed by atoms with E-state index < -0.39 is 0 Å². The summed E-state index contributed by atoms with van der Waals surface area (Å²) in [6.07, 6.45) is 11.4. The second kappa shape index (κ2) is 16.3. The van der Waals surface area contributed by atoms with Crippen molar-refractivity contribution in [3.8, 4) is 0 Å². The smallest absolute Gasteiger partial charge is 0.0494 e. The summed E-state index contributed by atoms with van der Waals surface area (Å²) in [4.78, 5) is 0. The van der Waals surface area contributed by atoms with Crippen LogP contribution < -0.4 is 0 Å². The fourth-order valence-electron chi connectivity index (χ4n) is 2.56. The molecule has 0 aromatic carbocycles. The number of hydrogen-bond acceptors (Lipinski definition) is 2. The van der Waals surface area contributed by atoms with Gasteiger partial charge in [-0.3, -0.25) is 0 Å². The first kappa shape index (κ1) is 20.9. The van der Waals surface area contributed by atoms with E-state index in [9.17, 15) is 0 Å². The van der Waals surface area contributed by atoms with E-state index in [4.69, 9.17) is 9.47 Å². The highest BCUT2D eigenvalue weighted by Gasteiger charge is 2.07. The minimum Gasteiger partial charge on any atom is -0.381 e. The molecule has 0 N–H and O–H groups in total. The van der Waals surface area contributed by atoms with Crippen LogP contribution in [-0.2, 0) is 9.47 Å². The molecule has 0 amide bonds. The molecule has 128 valence electrons. The molecular formula is C19H40O2. The molecule has 0 aliphatic rings. The van der Waals surface area contributed by atoms with Crippen LogP contribution in [0.4, 0.5) is 0 Å². The van der Waals surface area contributed by atoms with Crippen molar-refractivity contribution in [2.75, 3.05) is 26.4 Å². The van der Waals surface area contributed by atoms with Gasteiger partial charge in [-0.2, -0.15) is 0 Å². The summed E-state index contributed by atoms with van der Waals surface area (Å²) >= 11 is 0. The van der Waals surface area contributed by atoms with Crippen LogP contribution in [-0.4, -0.2) is 26.4 Å². The number of ether oxygens (including phenoxy) is 2. The monoisotopic (exact) mass is 300 g/mol. The van der Waals surface area contributed by atoms with Gasteiger partial charge in [-0.15, -0.1) is 0 Å². The molecule has 0 aliphatic heterocycles. The minimum absolute atomic E-state index is 0.754. The second-order valence-electron chi connectivity index (χ2n) is 6.34. The van der Waals surface area contributed by atoms with E-state index in [-0.39, 0.29) is 0 Å². The van der Waals surface area contributed by atoms with Gasteiger partial charge in [0, 0.05) is 26.4 Å². The van der Waals surface area contributed by atoms with Crippen LogP contribution in [0.3, 0.4) is 0 Å². The average Bonchev–Trinajstić information content (AvgIpc) is 2.52. The van der Waals surface area contributed by atoms with Crippen molar-refractivity contribution in [3.63, 3.8) is 0 Å². The molecule has 0 rings (SSSR count). The van der Waals surface area contributed by atoms with Gasteiger partial charge >= 0.3 is 0 Å². The van der Waals surface area contributed by atoms with Crippen LogP contribution in [0.5, 0.6) is 0 Å². The molecule has 0 bridgehead atoms. The summed E-state index contributed by atoms with van der Waals surface area (Å²) in [6, 6.07) is 0. The van der Waals surface area contributed by atoms with Crippen molar-refractivity contribution in [2.24, 2.45) is 11.8 Å². The van der Waals surface area contributed by atoms with E-state index in [0.717, 1.165) is 44.7 Å². The molecule has 0 aromatic rings. The lowest BCUT2D eigenvalue weighted by Crippen LogP contribution is -2.13. The highest BCUT2D eigenvalue weighted by atomic mass is 16.5. The number of hydrogen-bond donors (Lipinski definition) is 0. The number of unbranched alkanes of at least 4 members (excludes halogenated alkanes) is 2. The average molecular weight is 301 g/mol. The highest BCUT2D eigenvalue weighted by molar-refractivity contribution is 4.57. The van der Waals surface area contributed by atoms with E-state index in [0.29, 0.717) is 0 Å². The van der Waals surface area contributed by atoms with Gasteiger partial charge in [-0.05, 0) is 31.1 Å². The first-order valence-corrected chi connectivity index (χ1v) is 9.43. The molecular weight excluding hydrogens is 260 g/mol. The third-order valence-electron chi connectivity index (χ3n) is 4.37. The van der Waals surface area contributed by atoms with Crippen molar-refractivity contribution in [2.45, 2.75) is 85.5 Å². The first-order chi connectivity index (χ1) is 10.3. The van der Waals surface area contributed by atoms with Gasteiger partial charge < -0.3 is 9.47 Å². The van der Waals surface area contributed by atoms with Crippen molar-refractivity contribution < 1.29 is 9.47 Å². The van der Waals surface area contributed by atoms with Crippen molar-refractivity contribution in [1.29, 1.82) is 0 Å². The molecule has 2 unspecified atom stereocenters. The van der Waals surface area contributed by atoms with Crippen molar-refractivity contribution in [1.82, 2.24) is 0 Å². The lowest BCUT2D eigenvalue weighted by Gasteiger charge is -2.16. The normalized spacial score (nSPS) is 14.3. The largest absolute Gasteiger partial charge is 0.381 e. The third kappa shape index (κ3) is 13.3. The number of rotatable bonds is 16. The molecule has 0 aromatic heterocycles. The fraction of sp³-hybridized carbons (Fsp3) is 1.00. The quantitative estimate of drug-likeness (QED) is 0.333. The molecule has 2 heteroatoms. The molecule has 0 aliphatic carbocycles. The summed E-state index contributed by atoms with van der Waals surface area (Å²) in [5.41, 5.74) is 0. The molecule has 0 radical (unpaired) electrons. The fourth-order valence-corrected chi connectivity index (χ4v) is 2.56. The zero-order valence-corrected chi connectivity index (χ0v) is 15.2. The Labute approximate surface area is 134 Å². The Morgan fingerprint density at radius 1 is 0.619 bits per heavy atom. The topological polar surface area (TPSA) is 18.5 Å². The zero-order valence-electron chi connectivity index (χ0n) is 15.2. The molecule has 0 heterocycles. The maximum atomic E-state index is 5.80. The molecule has 21 heavy (non-hydrogen) atoms. The maximum Gasteiger partial charge on any atom is 0.0494 e. The van der Waals surface area contributed by atoms with Gasteiger partial charge in [-0.1, -0.05) is 66.2 Å². The van der Waals surface area contributed by atoms with Crippen LogP contribution >= 0.6 is 0 Å². The van der Waals surface area contributed by atoms with Crippen LogP contribution in [0.25, 0.3) is 0 Å². The van der Waals surface area contributed by atoms with E-state index in [1.165, 1.54) is 51.4 Å². The summed E-state index contributed by atoms with van der Waals surface area (Å²) < 4.78 is 11.6. The van der Waals surface area contributed by atoms with Gasteiger partial charge in [0.05, 0.1) is 0 Å². The van der Waals surface area contributed by atoms with Gasteiger partial charge in [0.15, 0.2) is 0 Å². The molecule has 0 saturated carbocycles. The molecule has 2 atom stereocenters. The van der Waals surface area contributed by atoms with E-state index >= 15 is 0 Å². The van der Waals surface area contributed by atoms with Crippen LogP contribution in [0.2, 0.25) is 0 Å². The van der Waals surface area contributed by atoms with E-state index in [1.54, 1.807) is 0 Å². The predicted octanol–water partition coefficient (Wildman–Crippen LogP) is 5.84. The van der Waals surface area contributed by atoms with Crippen molar-refractivity contribution in [3.05, 3.63) is 0 Å². The Morgan fingerprint density at radius 2 is 1.05 bits per heavy atom. The molecule has 0 fully saturated rings. The summed E-state index contributed by atoms with van der Waals surface area (Å²) in [5.74, 6) is 1.51. The van der Waals surface area contributed by atoms with Gasteiger partial charge in [-0.25, -0.2) is 0 Å². The maximum absolute atomic E-state index is 5.80. The lowest BCUT2D eigenvalue weighted by molar-refractivity contribution is 0.0507. The Hall–Kier alpha value is -0.0800.